The fourth-order valence-corrected chi connectivity index (χ4v) is 5.34. The highest BCUT2D eigenvalue weighted by Crippen LogP contribution is 2.48. The summed E-state index contributed by atoms with van der Waals surface area (Å²) < 4.78 is 5.52. The molecular formula is C28H35N3O2. The van der Waals surface area contributed by atoms with Gasteiger partial charge in [-0.3, -0.25) is 4.98 Å². The molecule has 3 aromatic rings. The number of aromatic amines is 1. The van der Waals surface area contributed by atoms with Crippen molar-refractivity contribution in [3.05, 3.63) is 77.2 Å². The van der Waals surface area contributed by atoms with Crippen molar-refractivity contribution in [1.82, 2.24) is 15.3 Å². The average molecular weight is 446 g/mol. The number of nitrogens with one attached hydrogen (secondary N) is 2. The van der Waals surface area contributed by atoms with Crippen LogP contribution in [-0.2, 0) is 10.3 Å². The second-order valence-electron chi connectivity index (χ2n) is 10.3. The molecule has 0 aliphatic carbocycles. The minimum atomic E-state index is -1.13. The van der Waals surface area contributed by atoms with Gasteiger partial charge in [0.1, 0.15) is 5.60 Å². The molecule has 2 aromatic heterocycles. The molecule has 1 unspecified atom stereocenters. The molecule has 2 aliphatic rings. The molecule has 0 radical (unpaired) electrons. The van der Waals surface area contributed by atoms with Crippen molar-refractivity contribution in [2.24, 2.45) is 5.41 Å². The molecule has 1 aromatic carbocycles. The first kappa shape index (κ1) is 22.3. The quantitative estimate of drug-likeness (QED) is 0.503. The Morgan fingerprint density at radius 2 is 1.76 bits per heavy atom. The van der Waals surface area contributed by atoms with Crippen molar-refractivity contribution in [3.8, 4) is 11.3 Å². The van der Waals surface area contributed by atoms with E-state index in [1.54, 1.807) is 0 Å². The van der Waals surface area contributed by atoms with Crippen molar-refractivity contribution < 1.29 is 9.84 Å². The molecule has 2 aliphatic heterocycles. The fourth-order valence-electron chi connectivity index (χ4n) is 5.34. The summed E-state index contributed by atoms with van der Waals surface area (Å²) in [5, 5.41) is 15.7. The number of benzene rings is 1. The van der Waals surface area contributed by atoms with Gasteiger partial charge in [-0.05, 0) is 48.1 Å². The van der Waals surface area contributed by atoms with Gasteiger partial charge in [0.15, 0.2) is 0 Å². The summed E-state index contributed by atoms with van der Waals surface area (Å²) in [5.74, 6) is 0.968. The second-order valence-corrected chi connectivity index (χ2v) is 10.3. The minimum absolute atomic E-state index is 0.310. The van der Waals surface area contributed by atoms with Crippen molar-refractivity contribution in [3.63, 3.8) is 0 Å². The van der Waals surface area contributed by atoms with Crippen LogP contribution in [0.25, 0.3) is 11.3 Å². The Kier molecular flexibility index (Phi) is 5.89. The lowest BCUT2D eigenvalue weighted by Gasteiger charge is -2.52. The molecule has 4 heterocycles. The molecule has 0 bridgehead atoms. The Morgan fingerprint density at radius 3 is 2.39 bits per heavy atom. The first-order valence-electron chi connectivity index (χ1n) is 12.2. The standard InChI is InChI=1S/C28H35N3O2/c1-19(2)20-4-6-23(7-5-20)28(32,27(3)17-30-18-27)24-14-22(15-29-16-24)26-9-8-25(31-26)21-10-12-33-13-11-21/h4-9,14-16,19,21,30-32H,10-13,17-18H2,1-3H3. The van der Waals surface area contributed by atoms with E-state index in [4.69, 9.17) is 4.74 Å². The van der Waals surface area contributed by atoms with E-state index in [-0.39, 0.29) is 5.41 Å². The van der Waals surface area contributed by atoms with E-state index in [0.717, 1.165) is 61.5 Å². The summed E-state index contributed by atoms with van der Waals surface area (Å²) in [7, 11) is 0. The lowest BCUT2D eigenvalue weighted by molar-refractivity contribution is -0.0769. The van der Waals surface area contributed by atoms with Gasteiger partial charge >= 0.3 is 0 Å². The molecule has 1 atom stereocenters. The van der Waals surface area contributed by atoms with Crippen LogP contribution >= 0.6 is 0 Å². The van der Waals surface area contributed by atoms with Crippen molar-refractivity contribution in [1.29, 1.82) is 0 Å². The van der Waals surface area contributed by atoms with Crippen LogP contribution in [0.5, 0.6) is 0 Å². The minimum Gasteiger partial charge on any atom is -0.381 e. The summed E-state index contributed by atoms with van der Waals surface area (Å²) in [6.45, 7) is 9.71. The third kappa shape index (κ3) is 3.92. The van der Waals surface area contributed by atoms with Gasteiger partial charge in [-0.25, -0.2) is 0 Å². The predicted octanol–water partition coefficient (Wildman–Crippen LogP) is 4.94. The van der Waals surface area contributed by atoms with Gasteiger partial charge in [0.25, 0.3) is 0 Å². The van der Waals surface area contributed by atoms with Crippen LogP contribution < -0.4 is 5.32 Å². The normalized spacial score (nSPS) is 20.4. The first-order chi connectivity index (χ1) is 15.9. The zero-order valence-corrected chi connectivity index (χ0v) is 19.9. The van der Waals surface area contributed by atoms with Gasteiger partial charge in [0.05, 0.1) is 0 Å². The third-order valence-corrected chi connectivity index (χ3v) is 7.74. The highest BCUT2D eigenvalue weighted by molar-refractivity contribution is 5.61. The van der Waals surface area contributed by atoms with Crippen LogP contribution in [0.3, 0.4) is 0 Å². The maximum Gasteiger partial charge on any atom is 0.124 e. The van der Waals surface area contributed by atoms with E-state index in [1.165, 1.54) is 11.3 Å². The average Bonchev–Trinajstić information content (AvgIpc) is 3.33. The lowest BCUT2D eigenvalue weighted by Crippen LogP contribution is -2.63. The highest BCUT2D eigenvalue weighted by Gasteiger charge is 2.53. The number of hydrogen-bond acceptors (Lipinski definition) is 4. The van der Waals surface area contributed by atoms with Gasteiger partial charge in [-0.1, -0.05) is 45.0 Å². The molecule has 0 saturated carbocycles. The fraction of sp³-hybridized carbons (Fsp3) is 0.464. The number of rotatable bonds is 6. The number of aromatic nitrogens is 2. The van der Waals surface area contributed by atoms with E-state index in [1.807, 2.05) is 12.4 Å². The van der Waals surface area contributed by atoms with Crippen molar-refractivity contribution in [2.45, 2.75) is 51.0 Å². The van der Waals surface area contributed by atoms with Gasteiger partial charge in [-0.15, -0.1) is 0 Å². The lowest BCUT2D eigenvalue weighted by atomic mass is 9.63. The maximum absolute atomic E-state index is 12.3. The zero-order valence-electron chi connectivity index (χ0n) is 19.9. The maximum atomic E-state index is 12.3. The summed E-state index contributed by atoms with van der Waals surface area (Å²) in [6, 6.07) is 14.9. The van der Waals surface area contributed by atoms with Crippen LogP contribution in [0, 0.1) is 5.41 Å². The van der Waals surface area contributed by atoms with Crippen LogP contribution in [0.4, 0.5) is 0 Å². The summed E-state index contributed by atoms with van der Waals surface area (Å²) in [6.07, 6.45) is 5.81. The first-order valence-corrected chi connectivity index (χ1v) is 12.2. The van der Waals surface area contributed by atoms with Gasteiger partial charge in [-0.2, -0.15) is 0 Å². The van der Waals surface area contributed by atoms with Crippen LogP contribution in [0.15, 0.2) is 54.9 Å². The topological polar surface area (TPSA) is 70.2 Å². The zero-order chi connectivity index (χ0) is 23.1. The van der Waals surface area contributed by atoms with Gasteiger partial charge in [0, 0.05) is 72.5 Å². The molecule has 5 nitrogen and oxygen atoms in total. The molecular weight excluding hydrogens is 410 g/mol. The van der Waals surface area contributed by atoms with E-state index in [9.17, 15) is 5.11 Å². The smallest absolute Gasteiger partial charge is 0.124 e. The largest absolute Gasteiger partial charge is 0.381 e. The molecule has 5 rings (SSSR count). The predicted molar refractivity (Wildman–Crippen MR) is 131 cm³/mol. The molecule has 2 fully saturated rings. The van der Waals surface area contributed by atoms with Gasteiger partial charge in [0.2, 0.25) is 0 Å². The molecule has 0 spiro atoms. The molecule has 174 valence electrons. The number of hydrogen-bond donors (Lipinski definition) is 3. The molecule has 33 heavy (non-hydrogen) atoms. The number of ether oxygens (including phenoxy) is 1. The van der Waals surface area contributed by atoms with Gasteiger partial charge < -0.3 is 20.1 Å². The van der Waals surface area contributed by atoms with Crippen molar-refractivity contribution >= 4 is 0 Å². The Morgan fingerprint density at radius 1 is 1.03 bits per heavy atom. The third-order valence-electron chi connectivity index (χ3n) is 7.74. The number of H-pyrrole nitrogens is 1. The molecule has 0 amide bonds. The van der Waals surface area contributed by atoms with Crippen LogP contribution in [0.1, 0.15) is 67.8 Å². The van der Waals surface area contributed by atoms with E-state index < -0.39 is 5.60 Å². The Labute approximate surface area is 196 Å². The van der Waals surface area contributed by atoms with Crippen LogP contribution in [0.2, 0.25) is 0 Å². The van der Waals surface area contributed by atoms with E-state index in [0.29, 0.717) is 11.8 Å². The number of pyridine rings is 1. The van der Waals surface area contributed by atoms with E-state index in [2.05, 4.69) is 78.5 Å². The summed E-state index contributed by atoms with van der Waals surface area (Å²) in [4.78, 5) is 8.19. The van der Waals surface area contributed by atoms with E-state index >= 15 is 0 Å². The molecule has 2 saturated heterocycles. The number of aliphatic hydroxyl groups is 1. The molecule has 3 N–H and O–H groups in total. The SMILES string of the molecule is CC(C)c1ccc(C(O)(c2cncc(-c3ccc(C4CCOCC4)[nH]3)c2)C2(C)CNC2)cc1. The van der Waals surface area contributed by atoms with Crippen molar-refractivity contribution in [2.75, 3.05) is 26.3 Å². The Balaban J connectivity index is 1.52. The highest BCUT2D eigenvalue weighted by atomic mass is 16.5. The molecule has 5 heteroatoms. The van der Waals surface area contributed by atoms with Crippen LogP contribution in [-0.4, -0.2) is 41.4 Å². The summed E-state index contributed by atoms with van der Waals surface area (Å²) in [5.41, 5.74) is 4.89. The Bertz CT molecular complexity index is 1090. The summed E-state index contributed by atoms with van der Waals surface area (Å²) >= 11 is 0. The Hall–Kier alpha value is -2.47. The number of nitrogens with zero attached hydrogens (tertiary/aromatic N) is 1. The monoisotopic (exact) mass is 445 g/mol. The second kappa shape index (κ2) is 8.71.